The number of hydrogen-bond acceptors (Lipinski definition) is 6. The molecule has 0 radical (unpaired) electrons. The van der Waals surface area contributed by atoms with Gasteiger partial charge >= 0.3 is 0 Å². The van der Waals surface area contributed by atoms with Gasteiger partial charge in [0.05, 0.1) is 15.6 Å². The Labute approximate surface area is 178 Å². The zero-order valence-electron chi connectivity index (χ0n) is 16.0. The molecule has 3 heterocycles. The summed E-state index contributed by atoms with van der Waals surface area (Å²) in [6, 6.07) is 9.71. The molecule has 2 aromatic rings. The number of hydrogen-bond donors (Lipinski definition) is 0. The second-order valence-corrected chi connectivity index (χ2v) is 11.4. The lowest BCUT2D eigenvalue weighted by Crippen LogP contribution is -2.47. The monoisotopic (exact) mass is 434 g/mol. The van der Waals surface area contributed by atoms with Gasteiger partial charge in [0.15, 0.2) is 11.6 Å². The Morgan fingerprint density at radius 3 is 2.50 bits per heavy atom. The molecule has 0 atom stereocenters. The Hall–Kier alpha value is -1.34. The smallest absolute Gasteiger partial charge is 0.186 e. The highest BCUT2D eigenvalue weighted by Gasteiger charge is 2.34. The number of benzene rings is 1. The summed E-state index contributed by atoms with van der Waals surface area (Å²) in [7, 11) is 0. The van der Waals surface area contributed by atoms with Gasteiger partial charge in [0.2, 0.25) is 0 Å². The molecule has 2 aliphatic heterocycles. The van der Waals surface area contributed by atoms with E-state index in [4.69, 9.17) is 11.6 Å². The standard InChI is InChI=1S/C21H23ClN2O2S2/c1-21(2)12-17(25)16-11-19(27-20(16)28-21)18(26)13-23-7-9-24(10-8-23)15-5-3-14(22)4-6-15/h3-6,11H,7-10,12-13H2,1-2H3. The topological polar surface area (TPSA) is 40.6 Å². The van der Waals surface area contributed by atoms with Crippen molar-refractivity contribution in [3.8, 4) is 0 Å². The molecule has 0 spiro atoms. The van der Waals surface area contributed by atoms with Gasteiger partial charge in [-0.15, -0.1) is 23.1 Å². The van der Waals surface area contributed by atoms with Gasteiger partial charge in [-0.2, -0.15) is 0 Å². The van der Waals surface area contributed by atoms with Crippen molar-refractivity contribution in [1.29, 1.82) is 0 Å². The summed E-state index contributed by atoms with van der Waals surface area (Å²) in [5, 5.41) is 0.742. The Bertz CT molecular complexity index is 900. The van der Waals surface area contributed by atoms with Crippen LogP contribution in [0.1, 0.15) is 40.3 Å². The first-order valence-corrected chi connectivity index (χ1v) is 11.4. The van der Waals surface area contributed by atoms with Crippen LogP contribution in [0.25, 0.3) is 0 Å². The van der Waals surface area contributed by atoms with E-state index in [-0.39, 0.29) is 16.3 Å². The lowest BCUT2D eigenvalue weighted by atomic mass is 10.0. The number of nitrogens with zero attached hydrogens (tertiary/aromatic N) is 2. The average molecular weight is 435 g/mol. The molecular formula is C21H23ClN2O2S2. The van der Waals surface area contributed by atoms with Crippen LogP contribution in [0.4, 0.5) is 5.69 Å². The Morgan fingerprint density at radius 1 is 1.14 bits per heavy atom. The molecule has 148 valence electrons. The van der Waals surface area contributed by atoms with Gasteiger partial charge in [0.1, 0.15) is 0 Å². The first-order valence-electron chi connectivity index (χ1n) is 9.43. The quantitative estimate of drug-likeness (QED) is 0.642. The highest BCUT2D eigenvalue weighted by molar-refractivity contribution is 8.02. The van der Waals surface area contributed by atoms with Crippen molar-refractivity contribution in [3.63, 3.8) is 0 Å². The third-order valence-electron chi connectivity index (χ3n) is 5.16. The van der Waals surface area contributed by atoms with E-state index in [0.29, 0.717) is 17.8 Å². The molecule has 2 aliphatic rings. The van der Waals surface area contributed by atoms with Gasteiger partial charge in [0.25, 0.3) is 0 Å². The molecule has 0 unspecified atom stereocenters. The highest BCUT2D eigenvalue weighted by Crippen LogP contribution is 2.46. The molecule has 28 heavy (non-hydrogen) atoms. The van der Waals surface area contributed by atoms with Crippen LogP contribution in [-0.4, -0.2) is 53.9 Å². The SMILES string of the molecule is CC1(C)CC(=O)c2cc(C(=O)CN3CCN(c4ccc(Cl)cc4)CC3)sc2S1. The zero-order chi connectivity index (χ0) is 19.9. The van der Waals surface area contributed by atoms with Crippen LogP contribution < -0.4 is 4.90 Å². The van der Waals surface area contributed by atoms with E-state index in [1.165, 1.54) is 17.0 Å². The first-order chi connectivity index (χ1) is 13.3. The summed E-state index contributed by atoms with van der Waals surface area (Å²) in [4.78, 5) is 30.4. The van der Waals surface area contributed by atoms with Crippen molar-refractivity contribution in [2.45, 2.75) is 29.2 Å². The molecule has 4 rings (SSSR count). The van der Waals surface area contributed by atoms with E-state index < -0.39 is 0 Å². The van der Waals surface area contributed by atoms with E-state index >= 15 is 0 Å². The second-order valence-electron chi connectivity index (χ2n) is 7.94. The van der Waals surface area contributed by atoms with Crippen molar-refractivity contribution < 1.29 is 9.59 Å². The minimum Gasteiger partial charge on any atom is -0.369 e. The first kappa shape index (κ1) is 20.0. The summed E-state index contributed by atoms with van der Waals surface area (Å²) < 4.78 is 0.907. The number of anilines is 1. The van der Waals surface area contributed by atoms with Gasteiger partial charge in [-0.3, -0.25) is 14.5 Å². The summed E-state index contributed by atoms with van der Waals surface area (Å²) in [5.74, 6) is 0.274. The summed E-state index contributed by atoms with van der Waals surface area (Å²) >= 11 is 9.16. The van der Waals surface area contributed by atoms with E-state index in [1.54, 1.807) is 11.8 Å². The van der Waals surface area contributed by atoms with Crippen LogP contribution >= 0.6 is 34.7 Å². The van der Waals surface area contributed by atoms with Crippen molar-refractivity contribution >= 4 is 52.0 Å². The molecule has 1 aromatic carbocycles. The fourth-order valence-electron chi connectivity index (χ4n) is 3.65. The predicted molar refractivity (Wildman–Crippen MR) is 118 cm³/mol. The predicted octanol–water partition coefficient (Wildman–Crippen LogP) is 4.86. The lowest BCUT2D eigenvalue weighted by molar-refractivity contribution is 0.0930. The third kappa shape index (κ3) is 4.30. The van der Waals surface area contributed by atoms with Crippen molar-refractivity contribution in [2.24, 2.45) is 0 Å². The third-order valence-corrected chi connectivity index (χ3v) is 7.98. The lowest BCUT2D eigenvalue weighted by Gasteiger charge is -2.35. The fourth-order valence-corrected chi connectivity index (χ4v) is 6.71. The maximum absolute atomic E-state index is 12.8. The molecule has 7 heteroatoms. The second kappa shape index (κ2) is 7.82. The number of thioether (sulfide) groups is 1. The molecule has 1 fully saturated rings. The molecule has 0 aliphatic carbocycles. The summed E-state index contributed by atoms with van der Waals surface area (Å²) in [6.45, 7) is 8.05. The van der Waals surface area contributed by atoms with Crippen LogP contribution in [-0.2, 0) is 0 Å². The number of fused-ring (bicyclic) bond motifs is 1. The summed E-state index contributed by atoms with van der Waals surface area (Å²) in [5.41, 5.74) is 1.91. The van der Waals surface area contributed by atoms with Gasteiger partial charge in [-0.25, -0.2) is 0 Å². The number of carbonyl (C=O) groups is 2. The number of rotatable bonds is 4. The number of Topliss-reactive ketones (excluding diaryl/α,β-unsaturated/α-hetero) is 2. The Balaban J connectivity index is 1.36. The number of ketones is 2. The van der Waals surface area contributed by atoms with Crippen molar-refractivity contribution in [2.75, 3.05) is 37.6 Å². The summed E-state index contributed by atoms with van der Waals surface area (Å²) in [6.07, 6.45) is 0.529. The van der Waals surface area contributed by atoms with Crippen LogP contribution in [0.15, 0.2) is 34.5 Å². The van der Waals surface area contributed by atoms with Crippen LogP contribution in [0.3, 0.4) is 0 Å². The average Bonchev–Trinajstić information content (AvgIpc) is 3.06. The van der Waals surface area contributed by atoms with Gasteiger partial charge in [-0.05, 0) is 44.2 Å². The largest absolute Gasteiger partial charge is 0.369 e. The molecule has 0 saturated carbocycles. The number of halogens is 1. The minimum atomic E-state index is -0.0900. The number of thiophene rings is 1. The minimum absolute atomic E-state index is 0.0900. The Kier molecular flexibility index (Phi) is 5.58. The van der Waals surface area contributed by atoms with E-state index in [9.17, 15) is 9.59 Å². The molecule has 0 N–H and O–H groups in total. The fraction of sp³-hybridized carbons (Fsp3) is 0.429. The van der Waals surface area contributed by atoms with E-state index in [2.05, 4.69) is 23.6 Å². The Morgan fingerprint density at radius 2 is 1.82 bits per heavy atom. The van der Waals surface area contributed by atoms with Gasteiger partial charge in [-0.1, -0.05) is 11.6 Å². The number of carbonyl (C=O) groups excluding carboxylic acids is 2. The molecular weight excluding hydrogens is 412 g/mol. The van der Waals surface area contributed by atoms with Crippen LogP contribution in [0, 0.1) is 0 Å². The van der Waals surface area contributed by atoms with Crippen LogP contribution in [0.2, 0.25) is 5.02 Å². The zero-order valence-corrected chi connectivity index (χ0v) is 18.4. The van der Waals surface area contributed by atoms with Gasteiger partial charge in [0, 0.05) is 53.6 Å². The highest BCUT2D eigenvalue weighted by atomic mass is 35.5. The van der Waals surface area contributed by atoms with E-state index in [0.717, 1.165) is 41.0 Å². The van der Waals surface area contributed by atoms with Crippen molar-refractivity contribution in [3.05, 3.63) is 45.8 Å². The molecule has 1 aromatic heterocycles. The normalized spacial score (nSPS) is 19.5. The number of piperazine rings is 1. The van der Waals surface area contributed by atoms with Gasteiger partial charge < -0.3 is 4.90 Å². The maximum Gasteiger partial charge on any atom is 0.186 e. The molecule has 4 nitrogen and oxygen atoms in total. The van der Waals surface area contributed by atoms with E-state index in [1.807, 2.05) is 30.3 Å². The molecule has 0 bridgehead atoms. The van der Waals surface area contributed by atoms with Crippen LogP contribution in [0.5, 0.6) is 0 Å². The molecule has 0 amide bonds. The maximum atomic E-state index is 12.8. The van der Waals surface area contributed by atoms with Crippen molar-refractivity contribution in [1.82, 2.24) is 4.90 Å². The molecule has 1 saturated heterocycles.